The highest BCUT2D eigenvalue weighted by Gasteiger charge is 2.37. The van der Waals surface area contributed by atoms with Crippen molar-refractivity contribution in [1.29, 1.82) is 0 Å². The fourth-order valence-electron chi connectivity index (χ4n) is 2.11. The van der Waals surface area contributed by atoms with Gasteiger partial charge in [0, 0.05) is 6.07 Å². The van der Waals surface area contributed by atoms with Crippen molar-refractivity contribution in [2.45, 2.75) is 13.5 Å². The lowest BCUT2D eigenvalue weighted by atomic mass is 10.1. The van der Waals surface area contributed by atoms with Gasteiger partial charge in [0.2, 0.25) is 0 Å². The summed E-state index contributed by atoms with van der Waals surface area (Å²) in [5.74, 6) is -0.524. The molecule has 6 heteroatoms. The maximum Gasteiger partial charge on any atom is 0.299 e. The number of halogens is 1. The maximum absolute atomic E-state index is 12.0. The van der Waals surface area contributed by atoms with Crippen molar-refractivity contribution in [3.8, 4) is 0 Å². The Hall–Kier alpha value is -2.14. The van der Waals surface area contributed by atoms with Crippen LogP contribution in [0.5, 0.6) is 0 Å². The van der Waals surface area contributed by atoms with Gasteiger partial charge in [0.25, 0.3) is 11.7 Å². The van der Waals surface area contributed by atoms with Crippen molar-refractivity contribution in [2.75, 3.05) is 4.90 Å². The van der Waals surface area contributed by atoms with E-state index in [0.29, 0.717) is 17.1 Å². The molecule has 0 saturated heterocycles. The highest BCUT2D eigenvalue weighted by molar-refractivity contribution is 6.55. The first kappa shape index (κ1) is 11.9. The Morgan fingerprint density at radius 2 is 2.16 bits per heavy atom. The minimum Gasteiger partial charge on any atom is -0.361 e. The summed E-state index contributed by atoms with van der Waals surface area (Å²) in [5.41, 5.74) is 1.36. The molecule has 0 aliphatic carbocycles. The van der Waals surface area contributed by atoms with Gasteiger partial charge in [-0.15, -0.1) is 0 Å². The second-order valence-electron chi connectivity index (χ2n) is 4.28. The number of aromatic nitrogens is 1. The molecule has 0 fully saturated rings. The van der Waals surface area contributed by atoms with E-state index in [1.807, 2.05) is 0 Å². The number of hydrogen-bond acceptors (Lipinski definition) is 4. The molecule has 0 radical (unpaired) electrons. The number of carbonyl (C=O) groups is 2. The van der Waals surface area contributed by atoms with E-state index < -0.39 is 11.7 Å². The van der Waals surface area contributed by atoms with Crippen LogP contribution in [-0.2, 0) is 11.3 Å². The zero-order chi connectivity index (χ0) is 13.6. The largest absolute Gasteiger partial charge is 0.361 e. The van der Waals surface area contributed by atoms with Crippen LogP contribution in [0.25, 0.3) is 0 Å². The number of hydrogen-bond donors (Lipinski definition) is 0. The summed E-state index contributed by atoms with van der Waals surface area (Å²) >= 11 is 5.97. The molecule has 1 aliphatic rings. The van der Waals surface area contributed by atoms with E-state index in [4.69, 9.17) is 16.1 Å². The van der Waals surface area contributed by atoms with Gasteiger partial charge < -0.3 is 4.52 Å². The van der Waals surface area contributed by atoms with E-state index in [2.05, 4.69) is 5.16 Å². The molecule has 0 unspecified atom stereocenters. The summed E-state index contributed by atoms with van der Waals surface area (Å²) in [5, 5.41) is 4.11. The van der Waals surface area contributed by atoms with E-state index in [1.165, 1.54) is 4.90 Å². The molecule has 2 aromatic rings. The van der Waals surface area contributed by atoms with Gasteiger partial charge in [0.05, 0.1) is 22.8 Å². The van der Waals surface area contributed by atoms with Crippen LogP contribution in [0.2, 0.25) is 5.02 Å². The number of nitrogens with zero attached hydrogens (tertiary/aromatic N) is 2. The van der Waals surface area contributed by atoms with Crippen LogP contribution in [0.3, 0.4) is 0 Å². The molecule has 5 nitrogen and oxygen atoms in total. The van der Waals surface area contributed by atoms with Crippen LogP contribution in [0.15, 0.2) is 28.8 Å². The van der Waals surface area contributed by atoms with E-state index >= 15 is 0 Å². The molecule has 0 N–H and O–H groups in total. The van der Waals surface area contributed by atoms with Crippen molar-refractivity contribution in [1.82, 2.24) is 5.16 Å². The highest BCUT2D eigenvalue weighted by Crippen LogP contribution is 2.34. The van der Waals surface area contributed by atoms with E-state index in [1.54, 1.807) is 31.2 Å². The Morgan fingerprint density at radius 1 is 1.37 bits per heavy atom. The molecule has 1 amide bonds. The molecule has 0 saturated carbocycles. The number of ketones is 1. The SMILES string of the molecule is Cc1cc(CN2C(=O)C(=O)c3c(Cl)cccc32)no1. The number of amides is 1. The summed E-state index contributed by atoms with van der Waals surface area (Å²) in [6.45, 7) is 1.95. The molecule has 1 aromatic carbocycles. The Labute approximate surface area is 113 Å². The number of fused-ring (bicyclic) bond motifs is 1. The summed E-state index contributed by atoms with van der Waals surface area (Å²) in [6, 6.07) is 6.71. The van der Waals surface area contributed by atoms with E-state index in [9.17, 15) is 9.59 Å². The third-order valence-electron chi connectivity index (χ3n) is 2.95. The number of benzene rings is 1. The molecule has 0 atom stereocenters. The van der Waals surface area contributed by atoms with Crippen molar-refractivity contribution < 1.29 is 14.1 Å². The summed E-state index contributed by atoms with van der Waals surface area (Å²) in [7, 11) is 0. The third-order valence-corrected chi connectivity index (χ3v) is 3.26. The second kappa shape index (κ2) is 4.20. The first-order valence-electron chi connectivity index (χ1n) is 5.65. The number of Topliss-reactive ketones (excluding diaryl/α,β-unsaturated/α-hetero) is 1. The average Bonchev–Trinajstić information content (AvgIpc) is 2.88. The van der Waals surface area contributed by atoms with Crippen molar-refractivity contribution in [2.24, 2.45) is 0 Å². The molecule has 0 bridgehead atoms. The zero-order valence-corrected chi connectivity index (χ0v) is 10.8. The van der Waals surface area contributed by atoms with Crippen molar-refractivity contribution >= 4 is 29.0 Å². The number of carbonyl (C=O) groups excluding carboxylic acids is 2. The fraction of sp³-hybridized carbons (Fsp3) is 0.154. The first-order chi connectivity index (χ1) is 9.08. The Kier molecular flexibility index (Phi) is 2.64. The van der Waals surface area contributed by atoms with Gasteiger partial charge in [-0.05, 0) is 19.1 Å². The van der Waals surface area contributed by atoms with Crippen molar-refractivity contribution in [3.05, 3.63) is 46.3 Å². The maximum atomic E-state index is 12.0. The highest BCUT2D eigenvalue weighted by atomic mass is 35.5. The van der Waals surface area contributed by atoms with Gasteiger partial charge in [-0.3, -0.25) is 14.5 Å². The normalized spacial score (nSPS) is 14.1. The second-order valence-corrected chi connectivity index (χ2v) is 4.69. The fourth-order valence-corrected chi connectivity index (χ4v) is 2.37. The first-order valence-corrected chi connectivity index (χ1v) is 6.02. The Bertz CT molecular complexity index is 693. The van der Waals surface area contributed by atoms with Crippen LogP contribution < -0.4 is 4.90 Å². The number of aryl methyl sites for hydroxylation is 1. The molecular weight excluding hydrogens is 268 g/mol. The Balaban J connectivity index is 2.02. The average molecular weight is 277 g/mol. The summed E-state index contributed by atoms with van der Waals surface area (Å²) in [6.07, 6.45) is 0. The van der Waals surface area contributed by atoms with Crippen LogP contribution >= 0.6 is 11.6 Å². The number of rotatable bonds is 2. The zero-order valence-electron chi connectivity index (χ0n) is 10.0. The molecule has 3 rings (SSSR count). The van der Waals surface area contributed by atoms with Gasteiger partial charge in [0.15, 0.2) is 0 Å². The number of anilines is 1. The van der Waals surface area contributed by atoms with Gasteiger partial charge in [0.1, 0.15) is 11.5 Å². The molecule has 2 heterocycles. The molecule has 1 aromatic heterocycles. The van der Waals surface area contributed by atoms with Crippen molar-refractivity contribution in [3.63, 3.8) is 0 Å². The molecule has 19 heavy (non-hydrogen) atoms. The quantitative estimate of drug-likeness (QED) is 0.790. The summed E-state index contributed by atoms with van der Waals surface area (Å²) in [4.78, 5) is 25.3. The topological polar surface area (TPSA) is 63.4 Å². The lowest BCUT2D eigenvalue weighted by Crippen LogP contribution is -2.29. The lowest BCUT2D eigenvalue weighted by Gasteiger charge is -2.14. The standard InChI is InChI=1S/C13H9ClN2O3/c1-7-5-8(15-19-7)6-16-10-4-2-3-9(14)11(10)12(17)13(16)18/h2-5H,6H2,1H3. The lowest BCUT2D eigenvalue weighted by molar-refractivity contribution is -0.114. The molecular formula is C13H9ClN2O3. The monoisotopic (exact) mass is 276 g/mol. The smallest absolute Gasteiger partial charge is 0.299 e. The van der Waals surface area contributed by atoms with E-state index in [0.717, 1.165) is 0 Å². The molecule has 1 aliphatic heterocycles. The van der Waals surface area contributed by atoms with Gasteiger partial charge in [-0.1, -0.05) is 22.8 Å². The Morgan fingerprint density at radius 3 is 2.84 bits per heavy atom. The minimum atomic E-state index is -0.594. The van der Waals surface area contributed by atoms with E-state index in [-0.39, 0.29) is 17.1 Å². The minimum absolute atomic E-state index is 0.190. The van der Waals surface area contributed by atoms with Crippen LogP contribution in [0.1, 0.15) is 21.8 Å². The van der Waals surface area contributed by atoms with Gasteiger partial charge in [-0.2, -0.15) is 0 Å². The van der Waals surface area contributed by atoms with Gasteiger partial charge in [-0.25, -0.2) is 0 Å². The van der Waals surface area contributed by atoms with Crippen LogP contribution in [0, 0.1) is 6.92 Å². The van der Waals surface area contributed by atoms with Crippen LogP contribution in [0.4, 0.5) is 5.69 Å². The summed E-state index contributed by atoms with van der Waals surface area (Å²) < 4.78 is 4.95. The van der Waals surface area contributed by atoms with Gasteiger partial charge >= 0.3 is 0 Å². The predicted octanol–water partition coefficient (Wildman–Crippen LogP) is 2.37. The predicted molar refractivity (Wildman–Crippen MR) is 68.2 cm³/mol. The molecule has 0 spiro atoms. The van der Waals surface area contributed by atoms with Crippen LogP contribution in [-0.4, -0.2) is 16.8 Å². The molecule has 96 valence electrons. The third kappa shape index (κ3) is 1.82.